The van der Waals surface area contributed by atoms with Crippen LogP contribution in [0.3, 0.4) is 0 Å². The number of nitrogens with zero attached hydrogens (tertiary/aromatic N) is 2. The van der Waals surface area contributed by atoms with Crippen LogP contribution in [0.15, 0.2) is 46.3 Å². The van der Waals surface area contributed by atoms with Crippen LogP contribution in [0.2, 0.25) is 0 Å². The Morgan fingerprint density at radius 1 is 1.23 bits per heavy atom. The lowest BCUT2D eigenvalue weighted by Crippen LogP contribution is -2.38. The summed E-state index contributed by atoms with van der Waals surface area (Å²) < 4.78 is 0. The van der Waals surface area contributed by atoms with Gasteiger partial charge >= 0.3 is 0 Å². The molecule has 3 heterocycles. The number of Topliss-reactive ketones (excluding diaryl/α,β-unsaturated/α-hetero) is 1. The molecule has 1 aliphatic carbocycles. The summed E-state index contributed by atoms with van der Waals surface area (Å²) in [5.41, 5.74) is 2.13. The molecule has 0 bridgehead atoms. The Labute approximate surface area is 155 Å². The lowest BCUT2D eigenvalue weighted by Gasteiger charge is -2.36. The molecule has 4 rings (SSSR count). The average Bonchev–Trinajstić information content (AvgIpc) is 2.65. The minimum atomic E-state index is -0.365. The molecule has 134 valence electrons. The molecule has 6 nitrogen and oxygen atoms in total. The number of allylic oxidation sites excluding steroid dienone is 2. The quantitative estimate of drug-likeness (QED) is 0.637. The molecule has 2 N–H and O–H groups in total. The summed E-state index contributed by atoms with van der Waals surface area (Å²) in [6.07, 6.45) is 7.67. The smallest absolute Gasteiger partial charge is 0.257 e. The van der Waals surface area contributed by atoms with E-state index in [-0.39, 0.29) is 23.2 Å². The van der Waals surface area contributed by atoms with Gasteiger partial charge in [-0.05, 0) is 30.5 Å². The van der Waals surface area contributed by atoms with E-state index in [1.165, 1.54) is 11.8 Å². The van der Waals surface area contributed by atoms with Gasteiger partial charge in [0.15, 0.2) is 5.16 Å². The van der Waals surface area contributed by atoms with E-state index in [9.17, 15) is 9.59 Å². The van der Waals surface area contributed by atoms with Crippen LogP contribution in [0.25, 0.3) is 0 Å². The van der Waals surface area contributed by atoms with Gasteiger partial charge in [0, 0.05) is 36.2 Å². The number of pyridine rings is 1. The Morgan fingerprint density at radius 2 is 2.04 bits per heavy atom. The second-order valence-corrected chi connectivity index (χ2v) is 7.59. The maximum absolute atomic E-state index is 12.9. The van der Waals surface area contributed by atoms with Gasteiger partial charge in [-0.15, -0.1) is 0 Å². The molecule has 0 unspecified atom stereocenters. The summed E-state index contributed by atoms with van der Waals surface area (Å²) in [5, 5.41) is 3.88. The van der Waals surface area contributed by atoms with Crippen molar-refractivity contribution in [1.29, 1.82) is 0 Å². The fraction of sp³-hybridized carbons (Fsp3) is 0.368. The highest BCUT2D eigenvalue weighted by Crippen LogP contribution is 2.44. The van der Waals surface area contributed by atoms with Crippen LogP contribution < -0.4 is 10.9 Å². The fourth-order valence-electron chi connectivity index (χ4n) is 3.67. The first-order valence-corrected chi connectivity index (χ1v) is 9.84. The topological polar surface area (TPSA) is 87.7 Å². The van der Waals surface area contributed by atoms with Crippen LogP contribution in [-0.2, 0) is 4.79 Å². The van der Waals surface area contributed by atoms with E-state index >= 15 is 0 Å². The zero-order valence-corrected chi connectivity index (χ0v) is 15.3. The Morgan fingerprint density at radius 3 is 2.81 bits per heavy atom. The molecule has 2 atom stereocenters. The number of carbonyl (C=O) groups excluding carboxylic acids is 1. The number of hydrogen-bond donors (Lipinski definition) is 2. The van der Waals surface area contributed by atoms with Crippen LogP contribution in [-0.4, -0.2) is 26.5 Å². The van der Waals surface area contributed by atoms with Gasteiger partial charge in [-0.3, -0.25) is 14.6 Å². The van der Waals surface area contributed by atoms with E-state index in [2.05, 4.69) is 33.3 Å². The number of fused-ring (bicyclic) bond motifs is 2. The van der Waals surface area contributed by atoms with Crippen molar-refractivity contribution in [2.45, 2.75) is 37.3 Å². The molecular formula is C19H20N4O2S. The first kappa shape index (κ1) is 17.0. The molecule has 2 aromatic heterocycles. The van der Waals surface area contributed by atoms with Gasteiger partial charge in [0.2, 0.25) is 0 Å². The van der Waals surface area contributed by atoms with Crippen molar-refractivity contribution in [3.8, 4) is 0 Å². The molecule has 0 aromatic carbocycles. The van der Waals surface area contributed by atoms with E-state index in [0.29, 0.717) is 23.0 Å². The molecule has 0 amide bonds. The molecular weight excluding hydrogens is 348 g/mol. The van der Waals surface area contributed by atoms with Gasteiger partial charge in [0.05, 0.1) is 11.5 Å². The maximum Gasteiger partial charge on any atom is 0.257 e. The SMILES string of the molecule is CCCSc1nc2c(c(=O)[nH]1)[C@@H](c1ccncc1)[C@@H]1C(=O)CCC=C1N2. The Bertz CT molecular complexity index is 923. The number of H-pyrrole nitrogens is 1. The van der Waals surface area contributed by atoms with Crippen molar-refractivity contribution in [2.75, 3.05) is 11.1 Å². The second-order valence-electron chi connectivity index (χ2n) is 6.51. The minimum Gasteiger partial charge on any atom is -0.343 e. The number of anilines is 1. The van der Waals surface area contributed by atoms with E-state index in [1.54, 1.807) is 12.4 Å². The molecule has 0 fully saturated rings. The highest BCUT2D eigenvalue weighted by molar-refractivity contribution is 7.99. The third kappa shape index (κ3) is 2.96. The largest absolute Gasteiger partial charge is 0.343 e. The monoisotopic (exact) mass is 368 g/mol. The van der Waals surface area contributed by atoms with Gasteiger partial charge in [0.1, 0.15) is 11.6 Å². The van der Waals surface area contributed by atoms with Gasteiger partial charge in [0.25, 0.3) is 5.56 Å². The van der Waals surface area contributed by atoms with Crippen molar-refractivity contribution in [1.82, 2.24) is 15.0 Å². The number of ketones is 1. The van der Waals surface area contributed by atoms with Crippen molar-refractivity contribution in [3.63, 3.8) is 0 Å². The Balaban J connectivity index is 1.89. The highest BCUT2D eigenvalue weighted by atomic mass is 32.2. The summed E-state index contributed by atoms with van der Waals surface area (Å²) in [7, 11) is 0. The van der Waals surface area contributed by atoms with E-state index in [0.717, 1.165) is 29.9 Å². The summed E-state index contributed by atoms with van der Waals surface area (Å²) in [6.45, 7) is 2.09. The predicted molar refractivity (Wildman–Crippen MR) is 101 cm³/mol. The van der Waals surface area contributed by atoms with E-state index in [4.69, 9.17) is 0 Å². The zero-order valence-electron chi connectivity index (χ0n) is 14.5. The van der Waals surface area contributed by atoms with Crippen LogP contribution >= 0.6 is 11.8 Å². The van der Waals surface area contributed by atoms with Crippen LogP contribution in [0.5, 0.6) is 0 Å². The van der Waals surface area contributed by atoms with Gasteiger partial charge in [-0.1, -0.05) is 24.8 Å². The van der Waals surface area contributed by atoms with Gasteiger partial charge in [-0.25, -0.2) is 4.98 Å². The maximum atomic E-state index is 12.9. The lowest BCUT2D eigenvalue weighted by molar-refractivity contribution is -0.122. The van der Waals surface area contributed by atoms with Crippen molar-refractivity contribution in [3.05, 3.63) is 57.8 Å². The number of aromatic amines is 1. The van der Waals surface area contributed by atoms with Crippen molar-refractivity contribution < 1.29 is 4.79 Å². The first-order valence-electron chi connectivity index (χ1n) is 8.85. The number of hydrogen-bond acceptors (Lipinski definition) is 6. The normalized spacial score (nSPS) is 21.4. The number of rotatable bonds is 4. The third-order valence-corrected chi connectivity index (χ3v) is 5.86. The number of aromatic nitrogens is 3. The van der Waals surface area contributed by atoms with Gasteiger partial charge in [-0.2, -0.15) is 0 Å². The molecule has 2 aliphatic rings. The molecule has 2 aromatic rings. The van der Waals surface area contributed by atoms with Crippen LogP contribution in [0.4, 0.5) is 5.82 Å². The molecule has 7 heteroatoms. The highest BCUT2D eigenvalue weighted by Gasteiger charge is 2.42. The van der Waals surface area contributed by atoms with Gasteiger partial charge < -0.3 is 10.3 Å². The number of thioether (sulfide) groups is 1. The summed E-state index contributed by atoms with van der Waals surface area (Å²) in [5.74, 6) is 0.905. The van der Waals surface area contributed by atoms with Crippen LogP contribution in [0, 0.1) is 5.92 Å². The summed E-state index contributed by atoms with van der Waals surface area (Å²) >= 11 is 1.53. The molecule has 0 spiro atoms. The second kappa shape index (κ2) is 7.07. The zero-order chi connectivity index (χ0) is 18.1. The Hall–Kier alpha value is -2.41. The van der Waals surface area contributed by atoms with Crippen molar-refractivity contribution >= 4 is 23.4 Å². The van der Waals surface area contributed by atoms with Crippen molar-refractivity contribution in [2.24, 2.45) is 5.92 Å². The number of carbonyl (C=O) groups is 1. The van der Waals surface area contributed by atoms with E-state index < -0.39 is 0 Å². The first-order chi connectivity index (χ1) is 12.7. The standard InChI is InChI=1S/C19H20N4O2S/c1-2-10-26-19-22-17-16(18(25)23-19)14(11-6-8-20-9-7-11)15-12(21-17)4-3-5-13(15)24/h4,6-9,14-15H,2-3,5,10H2,1H3,(H2,21,22,23,25)/t14-,15-/m0/s1. The molecule has 1 aliphatic heterocycles. The molecule has 26 heavy (non-hydrogen) atoms. The fourth-order valence-corrected chi connectivity index (χ4v) is 4.38. The van der Waals surface area contributed by atoms with Crippen LogP contribution in [0.1, 0.15) is 43.2 Å². The van der Waals surface area contributed by atoms with E-state index in [1.807, 2.05) is 12.1 Å². The molecule has 0 radical (unpaired) electrons. The lowest BCUT2D eigenvalue weighted by atomic mass is 9.72. The Kier molecular flexibility index (Phi) is 4.63. The average molecular weight is 368 g/mol. The molecule has 0 saturated heterocycles. The predicted octanol–water partition coefficient (Wildman–Crippen LogP) is 3.09. The summed E-state index contributed by atoms with van der Waals surface area (Å²) in [4.78, 5) is 37.2. The molecule has 0 saturated carbocycles. The minimum absolute atomic E-state index is 0.159. The summed E-state index contributed by atoms with van der Waals surface area (Å²) in [6, 6.07) is 3.75. The number of nitrogens with one attached hydrogen (secondary N) is 2. The third-order valence-electron chi connectivity index (χ3n) is 4.79.